The molecule has 5 rings (SSSR count). The van der Waals surface area contributed by atoms with E-state index < -0.39 is 0 Å². The van der Waals surface area contributed by atoms with Crippen molar-refractivity contribution in [3.05, 3.63) is 53.9 Å². The molecule has 0 radical (unpaired) electrons. The van der Waals surface area contributed by atoms with E-state index in [2.05, 4.69) is 37.2 Å². The topological polar surface area (TPSA) is 72.7 Å². The number of hydrogen-bond donors (Lipinski definition) is 1. The van der Waals surface area contributed by atoms with E-state index >= 15 is 0 Å². The van der Waals surface area contributed by atoms with Crippen molar-refractivity contribution in [2.24, 2.45) is 0 Å². The van der Waals surface area contributed by atoms with E-state index in [-0.39, 0.29) is 5.91 Å². The van der Waals surface area contributed by atoms with Gasteiger partial charge in [-0.15, -0.1) is 10.2 Å². The summed E-state index contributed by atoms with van der Waals surface area (Å²) >= 11 is 1.44. The van der Waals surface area contributed by atoms with Gasteiger partial charge in [0.25, 0.3) is 0 Å². The SMILES string of the molecule is O=C(CSc1nnc(-c2cccnc2)n1C1CC1)Nc1ccc2c(c1)CCC2. The number of carbonyl (C=O) groups is 1. The van der Waals surface area contributed by atoms with E-state index in [4.69, 9.17) is 0 Å². The molecule has 0 atom stereocenters. The van der Waals surface area contributed by atoms with Crippen LogP contribution in [0, 0.1) is 0 Å². The standard InChI is InChI=1S/C21H21N5OS/c27-19(23-17-7-6-14-3-1-4-15(14)11-17)13-28-21-25-24-20(26(21)18-8-9-18)16-5-2-10-22-12-16/h2,5-7,10-12,18H,1,3-4,8-9,13H2,(H,23,27). The molecule has 7 heteroatoms. The highest BCUT2D eigenvalue weighted by atomic mass is 32.2. The summed E-state index contributed by atoms with van der Waals surface area (Å²) in [5.74, 6) is 1.13. The Balaban J connectivity index is 1.28. The largest absolute Gasteiger partial charge is 0.325 e. The molecular formula is C21H21N5OS. The highest BCUT2D eigenvalue weighted by molar-refractivity contribution is 7.99. The van der Waals surface area contributed by atoms with Gasteiger partial charge >= 0.3 is 0 Å². The number of carbonyl (C=O) groups excluding carboxylic acids is 1. The number of pyridine rings is 1. The zero-order valence-corrected chi connectivity index (χ0v) is 16.3. The number of benzene rings is 1. The summed E-state index contributed by atoms with van der Waals surface area (Å²) in [6.07, 6.45) is 9.27. The smallest absolute Gasteiger partial charge is 0.234 e. The number of rotatable bonds is 6. The fourth-order valence-corrected chi connectivity index (χ4v) is 4.51. The Hall–Kier alpha value is -2.67. The molecule has 28 heavy (non-hydrogen) atoms. The van der Waals surface area contributed by atoms with Crippen LogP contribution in [0.3, 0.4) is 0 Å². The third-order valence-electron chi connectivity index (χ3n) is 5.21. The Kier molecular flexibility index (Phi) is 4.60. The fraction of sp³-hybridized carbons (Fsp3) is 0.333. The lowest BCUT2D eigenvalue weighted by Crippen LogP contribution is -2.14. The summed E-state index contributed by atoms with van der Waals surface area (Å²) in [7, 11) is 0. The monoisotopic (exact) mass is 391 g/mol. The van der Waals surface area contributed by atoms with Gasteiger partial charge in [0, 0.05) is 29.7 Å². The highest BCUT2D eigenvalue weighted by Gasteiger charge is 2.30. The van der Waals surface area contributed by atoms with Crippen molar-refractivity contribution in [2.75, 3.05) is 11.1 Å². The van der Waals surface area contributed by atoms with Crippen molar-refractivity contribution in [3.63, 3.8) is 0 Å². The molecule has 1 aromatic carbocycles. The third-order valence-corrected chi connectivity index (χ3v) is 6.15. The van der Waals surface area contributed by atoms with E-state index in [1.54, 1.807) is 12.4 Å². The van der Waals surface area contributed by atoms with E-state index in [1.165, 1.54) is 29.3 Å². The molecule has 1 N–H and O–H groups in total. The van der Waals surface area contributed by atoms with Gasteiger partial charge in [-0.2, -0.15) is 0 Å². The molecule has 2 aliphatic rings. The van der Waals surface area contributed by atoms with Gasteiger partial charge in [-0.3, -0.25) is 14.3 Å². The quantitative estimate of drug-likeness (QED) is 0.645. The van der Waals surface area contributed by atoms with Crippen LogP contribution in [-0.4, -0.2) is 31.4 Å². The fourth-order valence-electron chi connectivity index (χ4n) is 3.71. The van der Waals surface area contributed by atoms with Crippen LogP contribution in [0.5, 0.6) is 0 Å². The minimum absolute atomic E-state index is 0.0174. The maximum atomic E-state index is 12.5. The molecule has 0 spiro atoms. The number of anilines is 1. The summed E-state index contributed by atoms with van der Waals surface area (Å²) in [5, 5.41) is 12.5. The lowest BCUT2D eigenvalue weighted by molar-refractivity contribution is -0.113. The predicted molar refractivity (Wildman–Crippen MR) is 109 cm³/mol. The number of fused-ring (bicyclic) bond motifs is 1. The minimum atomic E-state index is -0.0174. The number of nitrogens with one attached hydrogen (secondary N) is 1. The van der Waals surface area contributed by atoms with Crippen molar-refractivity contribution < 1.29 is 4.79 Å². The molecule has 2 heterocycles. The molecule has 1 amide bonds. The average Bonchev–Trinajstić information content (AvgIpc) is 3.29. The van der Waals surface area contributed by atoms with Crippen LogP contribution < -0.4 is 5.32 Å². The lowest BCUT2D eigenvalue weighted by Gasteiger charge is -2.09. The minimum Gasteiger partial charge on any atom is -0.325 e. The number of amides is 1. The van der Waals surface area contributed by atoms with Gasteiger partial charge < -0.3 is 5.32 Å². The first-order chi connectivity index (χ1) is 13.8. The Morgan fingerprint density at radius 3 is 2.89 bits per heavy atom. The maximum absolute atomic E-state index is 12.5. The zero-order valence-electron chi connectivity index (χ0n) is 15.5. The van der Waals surface area contributed by atoms with Gasteiger partial charge in [-0.25, -0.2) is 0 Å². The van der Waals surface area contributed by atoms with E-state index in [1.807, 2.05) is 18.2 Å². The molecule has 0 saturated heterocycles. The Morgan fingerprint density at radius 1 is 1.18 bits per heavy atom. The lowest BCUT2D eigenvalue weighted by atomic mass is 10.1. The molecule has 3 aromatic rings. The van der Waals surface area contributed by atoms with Crippen molar-refractivity contribution in [2.45, 2.75) is 43.3 Å². The molecule has 2 aromatic heterocycles. The van der Waals surface area contributed by atoms with E-state index in [9.17, 15) is 4.79 Å². The van der Waals surface area contributed by atoms with Gasteiger partial charge in [-0.1, -0.05) is 17.8 Å². The Bertz CT molecular complexity index is 1010. The molecule has 142 valence electrons. The van der Waals surface area contributed by atoms with Crippen molar-refractivity contribution >= 4 is 23.4 Å². The summed E-state index contributed by atoms with van der Waals surface area (Å²) in [5.41, 5.74) is 4.61. The van der Waals surface area contributed by atoms with Crippen LogP contribution in [0.15, 0.2) is 47.9 Å². The molecular weight excluding hydrogens is 370 g/mol. The predicted octanol–water partition coefficient (Wildman–Crippen LogP) is 3.89. The van der Waals surface area contributed by atoms with E-state index in [0.717, 1.165) is 47.9 Å². The first-order valence-electron chi connectivity index (χ1n) is 9.68. The van der Waals surface area contributed by atoms with Crippen LogP contribution in [-0.2, 0) is 17.6 Å². The summed E-state index contributed by atoms with van der Waals surface area (Å²) < 4.78 is 2.16. The van der Waals surface area contributed by atoms with Crippen LogP contribution in [0.1, 0.15) is 36.4 Å². The molecule has 0 bridgehead atoms. The number of hydrogen-bond acceptors (Lipinski definition) is 5. The third kappa shape index (κ3) is 3.54. The number of thioether (sulfide) groups is 1. The molecule has 2 aliphatic carbocycles. The van der Waals surface area contributed by atoms with Crippen molar-refractivity contribution in [3.8, 4) is 11.4 Å². The van der Waals surface area contributed by atoms with E-state index in [0.29, 0.717) is 11.8 Å². The molecule has 1 saturated carbocycles. The van der Waals surface area contributed by atoms with Gasteiger partial charge in [0.15, 0.2) is 11.0 Å². The summed E-state index contributed by atoms with van der Waals surface area (Å²) in [6, 6.07) is 10.6. The molecule has 0 unspecified atom stereocenters. The van der Waals surface area contributed by atoms with Gasteiger partial charge in [0.2, 0.25) is 5.91 Å². The number of nitrogens with zero attached hydrogens (tertiary/aromatic N) is 4. The van der Waals surface area contributed by atoms with Crippen LogP contribution in [0.4, 0.5) is 5.69 Å². The molecule has 6 nitrogen and oxygen atoms in total. The summed E-state index contributed by atoms with van der Waals surface area (Å²) in [6.45, 7) is 0. The normalized spacial score (nSPS) is 15.4. The van der Waals surface area contributed by atoms with Gasteiger partial charge in [0.05, 0.1) is 5.75 Å². The van der Waals surface area contributed by atoms with Crippen molar-refractivity contribution in [1.82, 2.24) is 19.7 Å². The van der Waals surface area contributed by atoms with Crippen LogP contribution in [0.25, 0.3) is 11.4 Å². The molecule has 0 aliphatic heterocycles. The second-order valence-electron chi connectivity index (χ2n) is 7.32. The van der Waals surface area contributed by atoms with Crippen molar-refractivity contribution in [1.29, 1.82) is 0 Å². The zero-order chi connectivity index (χ0) is 18.9. The van der Waals surface area contributed by atoms with Gasteiger partial charge in [0.1, 0.15) is 0 Å². The number of aromatic nitrogens is 4. The second kappa shape index (κ2) is 7.39. The summed E-state index contributed by atoms with van der Waals surface area (Å²) in [4.78, 5) is 16.6. The first-order valence-corrected chi connectivity index (χ1v) is 10.7. The Morgan fingerprint density at radius 2 is 2.07 bits per heavy atom. The van der Waals surface area contributed by atoms with Gasteiger partial charge in [-0.05, 0) is 67.5 Å². The molecule has 1 fully saturated rings. The van der Waals surface area contributed by atoms with Crippen LogP contribution >= 0.6 is 11.8 Å². The Labute approximate surface area is 167 Å². The first kappa shape index (κ1) is 17.4. The van der Waals surface area contributed by atoms with Crippen LogP contribution in [0.2, 0.25) is 0 Å². The highest BCUT2D eigenvalue weighted by Crippen LogP contribution is 2.40. The average molecular weight is 392 g/mol. The number of aryl methyl sites for hydroxylation is 2. The second-order valence-corrected chi connectivity index (χ2v) is 8.27. The maximum Gasteiger partial charge on any atom is 0.234 e.